The maximum atomic E-state index is 14.2. The van der Waals surface area contributed by atoms with Gasteiger partial charge in [0.1, 0.15) is 28.9 Å². The number of thiocarbonyl (C=S) groups is 1. The minimum absolute atomic E-state index is 0.0703. The number of carbonyl (C=O) groups excluding carboxylic acids is 1. The number of hydrogen-bond donors (Lipinski definition) is 2. The van der Waals surface area contributed by atoms with E-state index in [1.54, 1.807) is 17.0 Å². The quantitative estimate of drug-likeness (QED) is 0.617. The van der Waals surface area contributed by atoms with E-state index in [0.717, 1.165) is 0 Å². The molecular formula is C20H17Cl2F3N4O2S. The van der Waals surface area contributed by atoms with Crippen LogP contribution in [0.15, 0.2) is 36.5 Å². The van der Waals surface area contributed by atoms with Crippen molar-refractivity contribution in [3.05, 3.63) is 57.7 Å². The van der Waals surface area contributed by atoms with Gasteiger partial charge in [-0.15, -0.1) is 0 Å². The number of carbonyl (C=O) groups is 1. The molecule has 6 nitrogen and oxygen atoms in total. The van der Waals surface area contributed by atoms with Crippen molar-refractivity contribution in [3.8, 4) is 0 Å². The summed E-state index contributed by atoms with van der Waals surface area (Å²) in [7, 11) is 0. The Kier molecular flexibility index (Phi) is 6.23. The fourth-order valence-corrected chi connectivity index (χ4v) is 4.39. The van der Waals surface area contributed by atoms with E-state index in [2.05, 4.69) is 15.8 Å². The van der Waals surface area contributed by atoms with Crippen LogP contribution in [0.1, 0.15) is 17.5 Å². The van der Waals surface area contributed by atoms with Crippen LogP contribution in [-0.4, -0.2) is 47.8 Å². The first kappa shape index (κ1) is 23.0. The number of rotatable bonds is 4. The van der Waals surface area contributed by atoms with Crippen molar-refractivity contribution in [1.82, 2.24) is 15.8 Å². The topological polar surface area (TPSA) is 66.5 Å². The molecule has 2 aliphatic rings. The zero-order chi connectivity index (χ0) is 23.1. The number of alkyl halides is 3. The van der Waals surface area contributed by atoms with Crippen LogP contribution in [0, 0.1) is 0 Å². The van der Waals surface area contributed by atoms with Gasteiger partial charge in [-0.05, 0) is 36.2 Å². The van der Waals surface area contributed by atoms with Gasteiger partial charge in [0.05, 0.1) is 10.0 Å². The summed E-state index contributed by atoms with van der Waals surface area (Å²) in [4.78, 5) is 22.6. The highest BCUT2D eigenvalue weighted by Gasteiger charge is 2.59. The summed E-state index contributed by atoms with van der Waals surface area (Å²) in [6.07, 6.45) is -3.17. The van der Waals surface area contributed by atoms with E-state index in [9.17, 15) is 18.0 Å². The third-order valence-corrected chi connectivity index (χ3v) is 6.76. The van der Waals surface area contributed by atoms with Gasteiger partial charge in [0.2, 0.25) is 0 Å². The minimum Gasteiger partial charge on any atom is -0.362 e. The van der Waals surface area contributed by atoms with Gasteiger partial charge < -0.3 is 10.2 Å². The van der Waals surface area contributed by atoms with Gasteiger partial charge in [-0.3, -0.25) is 9.63 Å². The Morgan fingerprint density at radius 3 is 2.66 bits per heavy atom. The fourth-order valence-electron chi connectivity index (χ4n) is 3.83. The highest BCUT2D eigenvalue weighted by atomic mass is 35.5. The van der Waals surface area contributed by atoms with E-state index in [1.165, 1.54) is 24.4 Å². The van der Waals surface area contributed by atoms with Gasteiger partial charge in [-0.1, -0.05) is 41.5 Å². The molecule has 0 bridgehead atoms. The van der Waals surface area contributed by atoms with Crippen molar-refractivity contribution in [2.45, 2.75) is 24.1 Å². The van der Waals surface area contributed by atoms with Crippen LogP contribution in [0.3, 0.4) is 0 Å². The van der Waals surface area contributed by atoms with Gasteiger partial charge in [-0.2, -0.15) is 13.2 Å². The first-order valence-electron chi connectivity index (χ1n) is 9.56. The molecule has 1 amide bonds. The molecule has 2 fully saturated rings. The van der Waals surface area contributed by atoms with Crippen LogP contribution in [0.5, 0.6) is 0 Å². The number of nitrogens with zero attached hydrogens (tertiary/aromatic N) is 2. The largest absolute Gasteiger partial charge is 0.400 e. The number of nitrogens with one attached hydrogen (secondary N) is 2. The van der Waals surface area contributed by atoms with Crippen LogP contribution in [0.25, 0.3) is 0 Å². The van der Waals surface area contributed by atoms with Crippen LogP contribution < -0.4 is 15.7 Å². The average Bonchev–Trinajstić information content (AvgIpc) is 3.38. The smallest absolute Gasteiger partial charge is 0.362 e. The standard InChI is InChI=1S/C20H17Cl2F3N4O2S/c21-13-3-2-12(7-14(13)22)19(20(23,24)25)5-6-29(10-19)16-4-1-11(8-26-16)18(32)27-15-9-31-28-17(15)30/h1-4,7-8,15H,5-6,9-10H2,(H,27,32)(H,28,30). The van der Waals surface area contributed by atoms with Gasteiger partial charge in [-0.25, -0.2) is 10.5 Å². The van der Waals surface area contributed by atoms with E-state index in [0.29, 0.717) is 11.4 Å². The molecule has 2 aliphatic heterocycles. The summed E-state index contributed by atoms with van der Waals surface area (Å²) in [6.45, 7) is -0.00995. The highest BCUT2D eigenvalue weighted by molar-refractivity contribution is 7.80. The molecule has 2 aromatic rings. The molecule has 2 N–H and O–H groups in total. The molecule has 1 aromatic carbocycles. The number of aromatic nitrogens is 1. The van der Waals surface area contributed by atoms with Gasteiger partial charge in [0.15, 0.2) is 0 Å². The first-order valence-corrected chi connectivity index (χ1v) is 10.7. The molecule has 170 valence electrons. The van der Waals surface area contributed by atoms with Gasteiger partial charge in [0.25, 0.3) is 5.91 Å². The zero-order valence-corrected chi connectivity index (χ0v) is 18.7. The Labute approximate surface area is 197 Å². The third kappa shape index (κ3) is 4.24. The van der Waals surface area contributed by atoms with E-state index >= 15 is 0 Å². The second kappa shape index (κ2) is 8.66. The number of pyridine rings is 1. The summed E-state index contributed by atoms with van der Waals surface area (Å²) >= 11 is 17.2. The number of benzene rings is 1. The Morgan fingerprint density at radius 2 is 2.06 bits per heavy atom. The second-order valence-electron chi connectivity index (χ2n) is 7.59. The molecule has 2 atom stereocenters. The van der Waals surface area contributed by atoms with Crippen molar-refractivity contribution < 1.29 is 22.8 Å². The molecule has 32 heavy (non-hydrogen) atoms. The molecular weight excluding hydrogens is 488 g/mol. The second-order valence-corrected chi connectivity index (χ2v) is 8.81. The lowest BCUT2D eigenvalue weighted by atomic mass is 9.79. The van der Waals surface area contributed by atoms with Crippen LogP contribution in [0.2, 0.25) is 10.0 Å². The minimum atomic E-state index is -4.49. The number of anilines is 1. The predicted octanol–water partition coefficient (Wildman–Crippen LogP) is 3.79. The molecule has 0 saturated carbocycles. The SMILES string of the molecule is O=C1NOCC1NC(=S)c1ccc(N2CCC(c3ccc(Cl)c(Cl)c3)(C(F)(F)F)C2)nc1. The number of halogens is 5. The van der Waals surface area contributed by atoms with Crippen molar-refractivity contribution in [2.75, 3.05) is 24.6 Å². The van der Waals surface area contributed by atoms with E-state index in [-0.39, 0.29) is 52.6 Å². The first-order chi connectivity index (χ1) is 15.1. The summed E-state index contributed by atoms with van der Waals surface area (Å²) in [6, 6.07) is 6.68. The summed E-state index contributed by atoms with van der Waals surface area (Å²) in [5.74, 6) is 0.0597. The van der Waals surface area contributed by atoms with E-state index in [4.69, 9.17) is 40.3 Å². The van der Waals surface area contributed by atoms with Crippen molar-refractivity contribution >= 4 is 52.1 Å². The number of amides is 1. The lowest BCUT2D eigenvalue weighted by molar-refractivity contribution is -0.184. The average molecular weight is 505 g/mol. The fraction of sp³-hybridized carbons (Fsp3) is 0.350. The molecule has 12 heteroatoms. The maximum absolute atomic E-state index is 14.2. The molecule has 2 saturated heterocycles. The van der Waals surface area contributed by atoms with Crippen molar-refractivity contribution in [1.29, 1.82) is 0 Å². The van der Waals surface area contributed by atoms with E-state index in [1.807, 2.05) is 0 Å². The third-order valence-electron chi connectivity index (χ3n) is 5.66. The predicted molar refractivity (Wildman–Crippen MR) is 118 cm³/mol. The molecule has 1 aromatic heterocycles. The van der Waals surface area contributed by atoms with Crippen LogP contribution in [0.4, 0.5) is 19.0 Å². The number of hydrogen-bond acceptors (Lipinski definition) is 5. The van der Waals surface area contributed by atoms with Crippen LogP contribution >= 0.6 is 35.4 Å². The van der Waals surface area contributed by atoms with Gasteiger partial charge in [0, 0.05) is 24.8 Å². The lowest BCUT2D eigenvalue weighted by Crippen LogP contribution is -2.45. The molecule has 4 rings (SSSR count). The summed E-state index contributed by atoms with van der Waals surface area (Å²) in [5.41, 5.74) is 0.739. The molecule has 0 aliphatic carbocycles. The molecule has 0 radical (unpaired) electrons. The Balaban J connectivity index is 1.53. The molecule has 0 spiro atoms. The highest BCUT2D eigenvalue weighted by Crippen LogP contribution is 2.49. The summed E-state index contributed by atoms with van der Waals surface area (Å²) < 4.78 is 42.7. The lowest BCUT2D eigenvalue weighted by Gasteiger charge is -2.32. The summed E-state index contributed by atoms with van der Waals surface area (Å²) in [5, 5.41) is 3.15. The van der Waals surface area contributed by atoms with Crippen molar-refractivity contribution in [3.63, 3.8) is 0 Å². The Hall–Kier alpha value is -2.14. The molecule has 2 unspecified atom stereocenters. The normalized spacial score (nSPS) is 23.3. The van der Waals surface area contributed by atoms with E-state index < -0.39 is 17.6 Å². The molecule has 3 heterocycles. The van der Waals surface area contributed by atoms with Crippen molar-refractivity contribution in [2.24, 2.45) is 0 Å². The zero-order valence-electron chi connectivity index (χ0n) is 16.4. The Morgan fingerprint density at radius 1 is 1.28 bits per heavy atom. The monoisotopic (exact) mass is 504 g/mol. The van der Waals surface area contributed by atoms with Crippen LogP contribution in [-0.2, 0) is 15.0 Å². The number of hydroxylamine groups is 1. The maximum Gasteiger partial charge on any atom is 0.400 e. The Bertz CT molecular complexity index is 1050. The van der Waals surface area contributed by atoms with Gasteiger partial charge >= 0.3 is 6.18 Å².